The number of hydrogen-bond acceptors (Lipinski definition) is 5. The molecule has 0 aliphatic carbocycles. The zero-order chi connectivity index (χ0) is 13.8. The topological polar surface area (TPSA) is 75.9 Å². The van der Waals surface area contributed by atoms with Gasteiger partial charge in [-0.05, 0) is 34.5 Å². The Bertz CT molecular complexity index is 578. The highest BCUT2D eigenvalue weighted by atomic mass is 79.9. The van der Waals surface area contributed by atoms with Gasteiger partial charge in [0.05, 0.1) is 6.04 Å². The van der Waals surface area contributed by atoms with Crippen molar-refractivity contribution in [1.29, 1.82) is 0 Å². The van der Waals surface area contributed by atoms with E-state index >= 15 is 0 Å². The van der Waals surface area contributed by atoms with Crippen LogP contribution in [-0.4, -0.2) is 9.97 Å². The van der Waals surface area contributed by atoms with E-state index in [0.717, 1.165) is 5.56 Å². The van der Waals surface area contributed by atoms with Crippen LogP contribution in [0.5, 0.6) is 0 Å². The fraction of sp³-hybridized carbons (Fsp3) is 0.167. The van der Waals surface area contributed by atoms with Crippen LogP contribution in [0, 0.1) is 0 Å². The van der Waals surface area contributed by atoms with Crippen molar-refractivity contribution in [2.75, 3.05) is 10.7 Å². The average molecular weight is 343 g/mol. The van der Waals surface area contributed by atoms with Crippen molar-refractivity contribution in [1.82, 2.24) is 9.97 Å². The molecule has 1 atom stereocenters. The number of rotatable bonds is 4. The lowest BCUT2D eigenvalue weighted by atomic mass is 10.1. The molecule has 0 radical (unpaired) electrons. The molecule has 0 amide bonds. The fourth-order valence-corrected chi connectivity index (χ4v) is 2.41. The van der Waals surface area contributed by atoms with E-state index in [1.54, 1.807) is 0 Å². The molecule has 1 aromatic heterocycles. The molecule has 5 nitrogen and oxygen atoms in total. The van der Waals surface area contributed by atoms with Gasteiger partial charge in [-0.2, -0.15) is 0 Å². The van der Waals surface area contributed by atoms with Gasteiger partial charge in [-0.3, -0.25) is 0 Å². The highest BCUT2D eigenvalue weighted by Crippen LogP contribution is 2.30. The van der Waals surface area contributed by atoms with E-state index in [9.17, 15) is 0 Å². The maximum absolute atomic E-state index is 6.17. The van der Waals surface area contributed by atoms with Crippen molar-refractivity contribution >= 4 is 39.2 Å². The van der Waals surface area contributed by atoms with Crippen LogP contribution in [-0.2, 0) is 0 Å². The first-order valence-corrected chi connectivity index (χ1v) is 6.78. The number of halogens is 2. The van der Waals surface area contributed by atoms with Gasteiger partial charge >= 0.3 is 0 Å². The molecule has 1 aromatic carbocycles. The zero-order valence-electron chi connectivity index (χ0n) is 10.2. The van der Waals surface area contributed by atoms with Gasteiger partial charge in [0.2, 0.25) is 0 Å². The van der Waals surface area contributed by atoms with Gasteiger partial charge in [0.25, 0.3) is 0 Å². The molecule has 0 spiro atoms. The predicted molar refractivity (Wildman–Crippen MR) is 81.0 cm³/mol. The van der Waals surface area contributed by atoms with Gasteiger partial charge in [-0.15, -0.1) is 0 Å². The van der Waals surface area contributed by atoms with Crippen molar-refractivity contribution in [2.24, 2.45) is 5.84 Å². The summed E-state index contributed by atoms with van der Waals surface area (Å²) in [6.45, 7) is 2.01. The summed E-state index contributed by atoms with van der Waals surface area (Å²) in [4.78, 5) is 8.17. The van der Waals surface area contributed by atoms with Crippen molar-refractivity contribution in [3.05, 3.63) is 45.7 Å². The van der Waals surface area contributed by atoms with E-state index in [-0.39, 0.29) is 6.04 Å². The molecule has 2 rings (SSSR count). The molecule has 1 unspecified atom stereocenters. The first-order valence-electron chi connectivity index (χ1n) is 5.61. The molecular formula is C12H13BrClN5. The Morgan fingerprint density at radius 1 is 1.26 bits per heavy atom. The summed E-state index contributed by atoms with van der Waals surface area (Å²) in [6, 6.07) is 7.68. The number of nitrogen functional groups attached to an aromatic ring is 1. The summed E-state index contributed by atoms with van der Waals surface area (Å²) in [5.41, 5.74) is 3.49. The van der Waals surface area contributed by atoms with Crippen LogP contribution >= 0.6 is 27.5 Å². The Balaban J connectivity index is 2.24. The summed E-state index contributed by atoms with van der Waals surface area (Å²) in [5, 5.41) is 3.98. The number of nitrogens with one attached hydrogen (secondary N) is 2. The van der Waals surface area contributed by atoms with Gasteiger partial charge in [-0.1, -0.05) is 29.8 Å². The van der Waals surface area contributed by atoms with Crippen molar-refractivity contribution < 1.29 is 0 Å². The number of nitrogens with two attached hydrogens (primary N) is 1. The van der Waals surface area contributed by atoms with Gasteiger partial charge in [0.15, 0.2) is 5.82 Å². The smallest absolute Gasteiger partial charge is 0.159 e. The van der Waals surface area contributed by atoms with Crippen LogP contribution in [0.2, 0.25) is 5.02 Å². The molecule has 0 aliphatic heterocycles. The number of hydrogen-bond donors (Lipinski definition) is 3. The molecule has 0 fully saturated rings. The highest BCUT2D eigenvalue weighted by Gasteiger charge is 2.13. The van der Waals surface area contributed by atoms with E-state index in [4.69, 9.17) is 17.4 Å². The Kier molecular flexibility index (Phi) is 4.57. The molecule has 7 heteroatoms. The third-order valence-electron chi connectivity index (χ3n) is 2.65. The minimum absolute atomic E-state index is 0.00512. The Morgan fingerprint density at radius 2 is 1.95 bits per heavy atom. The van der Waals surface area contributed by atoms with Gasteiger partial charge in [0.1, 0.15) is 16.6 Å². The second-order valence-corrected chi connectivity index (χ2v) is 5.12. The first-order chi connectivity index (χ1) is 9.13. The van der Waals surface area contributed by atoms with Gasteiger partial charge in [-0.25, -0.2) is 15.8 Å². The molecular weight excluding hydrogens is 330 g/mol. The number of anilines is 2. The lowest BCUT2D eigenvalue weighted by Crippen LogP contribution is -2.13. The number of aromatic nitrogens is 2. The molecule has 0 saturated heterocycles. The summed E-state index contributed by atoms with van der Waals surface area (Å²) < 4.78 is 0.677. The maximum atomic E-state index is 6.17. The van der Waals surface area contributed by atoms with Gasteiger partial charge in [0, 0.05) is 5.02 Å². The van der Waals surface area contributed by atoms with E-state index < -0.39 is 0 Å². The SMILES string of the molecule is CC(Nc1ncnc(NN)c1Br)c1ccccc1Cl. The van der Waals surface area contributed by atoms with Crippen molar-refractivity contribution in [2.45, 2.75) is 13.0 Å². The Hall–Kier alpha value is -1.37. The molecule has 0 bridgehead atoms. The lowest BCUT2D eigenvalue weighted by molar-refractivity contribution is 0.870. The average Bonchev–Trinajstić information content (AvgIpc) is 2.41. The molecule has 1 heterocycles. The van der Waals surface area contributed by atoms with E-state index in [2.05, 4.69) is 36.6 Å². The second kappa shape index (κ2) is 6.18. The maximum Gasteiger partial charge on any atom is 0.159 e. The molecule has 100 valence electrons. The normalized spacial score (nSPS) is 12.0. The molecule has 19 heavy (non-hydrogen) atoms. The first kappa shape index (κ1) is 14.0. The largest absolute Gasteiger partial charge is 0.362 e. The molecule has 0 aliphatic rings. The summed E-state index contributed by atoms with van der Waals surface area (Å²) in [7, 11) is 0. The number of nitrogens with zero attached hydrogens (tertiary/aromatic N) is 2. The monoisotopic (exact) mass is 341 g/mol. The summed E-state index contributed by atoms with van der Waals surface area (Å²) in [5.74, 6) is 6.53. The summed E-state index contributed by atoms with van der Waals surface area (Å²) in [6.07, 6.45) is 1.43. The quantitative estimate of drug-likeness (QED) is 0.587. The van der Waals surface area contributed by atoms with Crippen LogP contribution in [0.15, 0.2) is 35.1 Å². The molecule has 2 aromatic rings. The van der Waals surface area contributed by atoms with E-state index in [0.29, 0.717) is 21.1 Å². The number of hydrazine groups is 1. The third-order valence-corrected chi connectivity index (χ3v) is 3.75. The second-order valence-electron chi connectivity index (χ2n) is 3.92. The molecule has 0 saturated carbocycles. The van der Waals surface area contributed by atoms with Crippen LogP contribution in [0.4, 0.5) is 11.6 Å². The Labute approximate surface area is 124 Å². The van der Waals surface area contributed by atoms with Crippen LogP contribution < -0.4 is 16.6 Å². The van der Waals surface area contributed by atoms with Crippen molar-refractivity contribution in [3.8, 4) is 0 Å². The minimum Gasteiger partial charge on any atom is -0.362 e. The zero-order valence-corrected chi connectivity index (χ0v) is 12.5. The predicted octanol–water partition coefficient (Wildman–Crippen LogP) is 3.35. The standard InChI is InChI=1S/C12H13BrClN5/c1-7(8-4-2-3-5-9(8)14)18-11-10(13)12(19-15)17-6-16-11/h2-7H,15H2,1H3,(H2,16,17,18,19). The van der Waals surface area contributed by atoms with Gasteiger partial charge < -0.3 is 10.7 Å². The minimum atomic E-state index is 0.00512. The third kappa shape index (κ3) is 3.15. The molecule has 4 N–H and O–H groups in total. The van der Waals surface area contributed by atoms with Crippen molar-refractivity contribution in [3.63, 3.8) is 0 Å². The fourth-order valence-electron chi connectivity index (χ4n) is 1.68. The Morgan fingerprint density at radius 3 is 2.63 bits per heavy atom. The van der Waals surface area contributed by atoms with E-state index in [1.165, 1.54) is 6.33 Å². The summed E-state index contributed by atoms with van der Waals surface area (Å²) >= 11 is 9.56. The highest BCUT2D eigenvalue weighted by molar-refractivity contribution is 9.10. The lowest BCUT2D eigenvalue weighted by Gasteiger charge is -2.17. The van der Waals surface area contributed by atoms with Crippen LogP contribution in [0.1, 0.15) is 18.5 Å². The number of benzene rings is 1. The van der Waals surface area contributed by atoms with Crippen LogP contribution in [0.3, 0.4) is 0 Å². The van der Waals surface area contributed by atoms with E-state index in [1.807, 2.05) is 31.2 Å². The van der Waals surface area contributed by atoms with Crippen LogP contribution in [0.25, 0.3) is 0 Å².